The molecule has 1 aromatic rings. The lowest BCUT2D eigenvalue weighted by atomic mass is 10.0. The number of hydrogen-bond acceptors (Lipinski definition) is 3. The van der Waals surface area contributed by atoms with Crippen molar-refractivity contribution in [3.8, 4) is 11.5 Å². The number of benzene rings is 1. The molecule has 25 heavy (non-hydrogen) atoms. The van der Waals surface area contributed by atoms with E-state index in [2.05, 4.69) is 6.92 Å². The predicted octanol–water partition coefficient (Wildman–Crippen LogP) is 5.09. The van der Waals surface area contributed by atoms with Crippen molar-refractivity contribution in [1.29, 1.82) is 0 Å². The van der Waals surface area contributed by atoms with Crippen molar-refractivity contribution in [2.75, 3.05) is 6.61 Å². The van der Waals surface area contributed by atoms with Gasteiger partial charge in [-0.2, -0.15) is 13.2 Å². The summed E-state index contributed by atoms with van der Waals surface area (Å²) in [4.78, 5) is 11.2. The molecule has 1 N–H and O–H groups in total. The average Bonchev–Trinajstić information content (AvgIpc) is 2.52. The highest BCUT2D eigenvalue weighted by Crippen LogP contribution is 2.42. The molecule has 138 valence electrons. The van der Waals surface area contributed by atoms with Crippen LogP contribution in [0.1, 0.15) is 38.2 Å². The van der Waals surface area contributed by atoms with Gasteiger partial charge in [-0.15, -0.1) is 0 Å². The normalized spacial score (nSPS) is 16.7. The van der Waals surface area contributed by atoms with Gasteiger partial charge in [0.15, 0.2) is 0 Å². The Hall–Kier alpha value is -1.89. The average molecular weight is 379 g/mol. The fourth-order valence-electron chi connectivity index (χ4n) is 2.46. The molecule has 1 aliphatic rings. The van der Waals surface area contributed by atoms with Gasteiger partial charge in [0.1, 0.15) is 11.5 Å². The third-order valence-electron chi connectivity index (χ3n) is 3.69. The molecule has 4 nitrogen and oxygen atoms in total. The van der Waals surface area contributed by atoms with Gasteiger partial charge < -0.3 is 14.6 Å². The number of carbonyl (C=O) groups is 1. The summed E-state index contributed by atoms with van der Waals surface area (Å²) in [5.41, 5.74) is -0.745. The zero-order valence-electron chi connectivity index (χ0n) is 13.5. The molecule has 1 aliphatic heterocycles. The number of hydrogen-bond donors (Lipinski definition) is 1. The van der Waals surface area contributed by atoms with Crippen molar-refractivity contribution < 1.29 is 32.5 Å². The molecule has 0 radical (unpaired) electrons. The van der Waals surface area contributed by atoms with E-state index >= 15 is 0 Å². The monoisotopic (exact) mass is 378 g/mol. The second kappa shape index (κ2) is 7.99. The predicted molar refractivity (Wildman–Crippen MR) is 87.2 cm³/mol. The van der Waals surface area contributed by atoms with E-state index in [4.69, 9.17) is 26.2 Å². The number of unbranched alkanes of at least 4 members (excludes halogenated alkanes) is 3. The molecule has 0 saturated carbocycles. The highest BCUT2D eigenvalue weighted by atomic mass is 35.5. The van der Waals surface area contributed by atoms with Crippen LogP contribution in [-0.2, 0) is 4.79 Å². The van der Waals surface area contributed by atoms with Crippen LogP contribution in [0.4, 0.5) is 13.2 Å². The Kier molecular flexibility index (Phi) is 6.21. The van der Waals surface area contributed by atoms with E-state index in [0.717, 1.165) is 31.8 Å². The number of fused-ring (bicyclic) bond motifs is 1. The number of halogens is 4. The molecular formula is C17H18ClF3O4. The molecule has 1 atom stereocenters. The van der Waals surface area contributed by atoms with Crippen LogP contribution in [0.2, 0.25) is 5.02 Å². The van der Waals surface area contributed by atoms with Crippen LogP contribution in [0.25, 0.3) is 6.08 Å². The van der Waals surface area contributed by atoms with Crippen molar-refractivity contribution in [1.82, 2.24) is 0 Å². The third kappa shape index (κ3) is 4.81. The summed E-state index contributed by atoms with van der Waals surface area (Å²) in [5, 5.41) is 8.99. The van der Waals surface area contributed by atoms with Gasteiger partial charge in [0, 0.05) is 11.6 Å². The van der Waals surface area contributed by atoms with Crippen molar-refractivity contribution in [3.63, 3.8) is 0 Å². The van der Waals surface area contributed by atoms with E-state index < -0.39 is 23.8 Å². The first-order valence-corrected chi connectivity index (χ1v) is 8.26. The van der Waals surface area contributed by atoms with E-state index in [1.165, 1.54) is 12.1 Å². The van der Waals surface area contributed by atoms with E-state index in [0.29, 0.717) is 12.4 Å². The van der Waals surface area contributed by atoms with Crippen LogP contribution in [0, 0.1) is 0 Å². The first-order valence-electron chi connectivity index (χ1n) is 7.88. The van der Waals surface area contributed by atoms with Gasteiger partial charge >= 0.3 is 12.1 Å². The summed E-state index contributed by atoms with van der Waals surface area (Å²) in [6.45, 7) is 2.53. The topological polar surface area (TPSA) is 55.8 Å². The van der Waals surface area contributed by atoms with Gasteiger partial charge in [0.05, 0.1) is 17.2 Å². The molecule has 0 aliphatic carbocycles. The minimum Gasteiger partial charge on any atom is -0.494 e. The van der Waals surface area contributed by atoms with Gasteiger partial charge in [-0.1, -0.05) is 37.8 Å². The molecule has 0 spiro atoms. The second-order valence-electron chi connectivity index (χ2n) is 5.68. The fourth-order valence-corrected chi connectivity index (χ4v) is 2.73. The summed E-state index contributed by atoms with van der Waals surface area (Å²) in [7, 11) is 0. The smallest absolute Gasteiger partial charge is 0.430 e. The van der Waals surface area contributed by atoms with Crippen LogP contribution < -0.4 is 9.47 Å². The number of carboxylic acid groups (broad SMARTS) is 1. The SMILES string of the molecule is CCCCCCOc1cc(Cl)c2c(c1)C=C(C(=O)O)[C@H](C(F)(F)F)O2. The summed E-state index contributed by atoms with van der Waals surface area (Å²) in [6.07, 6.45) is -2.47. The van der Waals surface area contributed by atoms with Gasteiger partial charge in [-0.3, -0.25) is 0 Å². The highest BCUT2D eigenvalue weighted by Gasteiger charge is 2.48. The molecule has 0 aromatic heterocycles. The van der Waals surface area contributed by atoms with Crippen LogP contribution in [0.5, 0.6) is 11.5 Å². The maximum Gasteiger partial charge on any atom is 0.430 e. The Bertz CT molecular complexity index is 671. The zero-order chi connectivity index (χ0) is 18.6. The van der Waals surface area contributed by atoms with E-state index in [9.17, 15) is 18.0 Å². The minimum absolute atomic E-state index is 0.0593. The Balaban J connectivity index is 2.24. The largest absolute Gasteiger partial charge is 0.494 e. The van der Waals surface area contributed by atoms with E-state index in [-0.39, 0.29) is 16.3 Å². The molecule has 0 unspecified atom stereocenters. The lowest BCUT2D eigenvalue weighted by Crippen LogP contribution is -2.40. The van der Waals surface area contributed by atoms with Crippen molar-refractivity contribution in [2.24, 2.45) is 0 Å². The number of alkyl halides is 3. The molecule has 1 heterocycles. The van der Waals surface area contributed by atoms with Crippen LogP contribution in [0.15, 0.2) is 17.7 Å². The summed E-state index contributed by atoms with van der Waals surface area (Å²) in [6, 6.07) is 2.80. The summed E-state index contributed by atoms with van der Waals surface area (Å²) < 4.78 is 49.5. The molecule has 0 amide bonds. The molecule has 1 aromatic carbocycles. The number of ether oxygens (including phenoxy) is 2. The number of aliphatic carboxylic acids is 1. The van der Waals surface area contributed by atoms with Gasteiger partial charge in [-0.05, 0) is 18.6 Å². The first kappa shape index (κ1) is 19.4. The van der Waals surface area contributed by atoms with E-state index in [1.54, 1.807) is 0 Å². The third-order valence-corrected chi connectivity index (χ3v) is 3.97. The maximum atomic E-state index is 13.0. The quantitative estimate of drug-likeness (QED) is 0.671. The van der Waals surface area contributed by atoms with Crippen molar-refractivity contribution in [3.05, 3.63) is 28.3 Å². The number of rotatable bonds is 7. The molecule has 0 fully saturated rings. The summed E-state index contributed by atoms with van der Waals surface area (Å²) in [5.74, 6) is -1.54. The molecular weight excluding hydrogens is 361 g/mol. The van der Waals surface area contributed by atoms with E-state index in [1.807, 2.05) is 0 Å². The zero-order valence-corrected chi connectivity index (χ0v) is 14.3. The molecule has 0 saturated heterocycles. The molecule has 8 heteroatoms. The molecule has 2 rings (SSSR count). The molecule has 0 bridgehead atoms. The van der Waals surface area contributed by atoms with Crippen molar-refractivity contribution in [2.45, 2.75) is 44.9 Å². The number of carboxylic acids is 1. The second-order valence-corrected chi connectivity index (χ2v) is 6.08. The van der Waals surface area contributed by atoms with Gasteiger partial charge in [0.25, 0.3) is 0 Å². The Morgan fingerprint density at radius 2 is 2.04 bits per heavy atom. The Morgan fingerprint density at radius 3 is 2.64 bits per heavy atom. The van der Waals surface area contributed by atoms with Crippen LogP contribution in [0.3, 0.4) is 0 Å². The Morgan fingerprint density at radius 1 is 1.32 bits per heavy atom. The standard InChI is InChI=1S/C17H18ClF3O4/c1-2-3-4-5-6-24-11-7-10-8-12(16(22)23)15(17(19,20)21)25-14(10)13(18)9-11/h7-9,15H,2-6H2,1H3,(H,22,23)/t15-/m1/s1. The summed E-state index contributed by atoms with van der Waals surface area (Å²) >= 11 is 6.00. The van der Waals surface area contributed by atoms with Crippen molar-refractivity contribution >= 4 is 23.6 Å². The lowest BCUT2D eigenvalue weighted by Gasteiger charge is -2.27. The van der Waals surface area contributed by atoms with Gasteiger partial charge in [-0.25, -0.2) is 4.79 Å². The first-order chi connectivity index (χ1) is 11.7. The van der Waals surface area contributed by atoms with Crippen LogP contribution in [-0.4, -0.2) is 30.0 Å². The fraction of sp³-hybridized carbons (Fsp3) is 0.471. The minimum atomic E-state index is -4.86. The van der Waals surface area contributed by atoms with Gasteiger partial charge in [0.2, 0.25) is 6.10 Å². The Labute approximate surface area is 148 Å². The maximum absolute atomic E-state index is 13.0. The van der Waals surface area contributed by atoms with Crippen LogP contribution >= 0.6 is 11.6 Å². The lowest BCUT2D eigenvalue weighted by molar-refractivity contribution is -0.187. The highest BCUT2D eigenvalue weighted by molar-refractivity contribution is 6.32.